The Morgan fingerprint density at radius 2 is 2.25 bits per heavy atom. The summed E-state index contributed by atoms with van der Waals surface area (Å²) >= 11 is 1.64. The molecule has 1 aliphatic rings. The van der Waals surface area contributed by atoms with Crippen LogP contribution in [-0.2, 0) is 4.79 Å². The van der Waals surface area contributed by atoms with Crippen LogP contribution in [0.25, 0.3) is 6.08 Å². The summed E-state index contributed by atoms with van der Waals surface area (Å²) in [5, 5.41) is 4.13. The summed E-state index contributed by atoms with van der Waals surface area (Å²) in [6, 6.07) is 10.3. The van der Waals surface area contributed by atoms with Gasteiger partial charge in [0.2, 0.25) is 5.91 Å². The van der Waals surface area contributed by atoms with Crippen molar-refractivity contribution in [1.82, 2.24) is 9.88 Å². The molecule has 142 valence electrons. The van der Waals surface area contributed by atoms with E-state index in [-0.39, 0.29) is 17.7 Å². The van der Waals surface area contributed by atoms with Crippen LogP contribution in [0.5, 0.6) is 11.5 Å². The summed E-state index contributed by atoms with van der Waals surface area (Å²) < 4.78 is 19.8. The van der Waals surface area contributed by atoms with Gasteiger partial charge in [-0.25, -0.2) is 4.39 Å². The second kappa shape index (κ2) is 8.35. The number of likely N-dealkylation sites (tertiary alicyclic amines) is 1. The van der Waals surface area contributed by atoms with Crippen molar-refractivity contribution in [2.45, 2.75) is 18.9 Å². The normalized spacial score (nSPS) is 16.6. The maximum Gasteiger partial charge on any atom is 0.247 e. The summed E-state index contributed by atoms with van der Waals surface area (Å²) in [6.07, 6.45) is 8.27. The van der Waals surface area contributed by atoms with Gasteiger partial charge in [0.15, 0.2) is 11.6 Å². The Balaban J connectivity index is 1.44. The van der Waals surface area contributed by atoms with E-state index in [1.54, 1.807) is 47.9 Å². The van der Waals surface area contributed by atoms with Gasteiger partial charge in [-0.15, -0.1) is 0 Å². The first kappa shape index (κ1) is 18.4. The minimum absolute atomic E-state index is 0.0511. The molecule has 1 fully saturated rings. The number of carbonyl (C=O) groups excluding carboxylic acids is 1. The van der Waals surface area contributed by atoms with E-state index in [2.05, 4.69) is 16.4 Å². The summed E-state index contributed by atoms with van der Waals surface area (Å²) in [7, 11) is 0. The zero-order valence-corrected chi connectivity index (χ0v) is 15.9. The molecule has 28 heavy (non-hydrogen) atoms. The van der Waals surface area contributed by atoms with E-state index < -0.39 is 5.82 Å². The third kappa shape index (κ3) is 4.12. The van der Waals surface area contributed by atoms with E-state index in [1.165, 1.54) is 23.9 Å². The minimum Gasteiger partial charge on any atom is -0.453 e. The van der Waals surface area contributed by atoms with Gasteiger partial charge in [0, 0.05) is 18.8 Å². The van der Waals surface area contributed by atoms with Gasteiger partial charge >= 0.3 is 0 Å². The molecule has 0 radical (unpaired) electrons. The Kier molecular flexibility index (Phi) is 5.48. The van der Waals surface area contributed by atoms with E-state index in [9.17, 15) is 9.18 Å². The van der Waals surface area contributed by atoms with Crippen molar-refractivity contribution in [1.29, 1.82) is 0 Å². The summed E-state index contributed by atoms with van der Waals surface area (Å²) in [4.78, 5) is 18.5. The number of benzene rings is 1. The topological polar surface area (TPSA) is 42.4 Å². The molecule has 1 unspecified atom stereocenters. The number of hydrogen-bond donors (Lipinski definition) is 0. The van der Waals surface area contributed by atoms with Crippen molar-refractivity contribution >= 4 is 23.3 Å². The first-order chi connectivity index (χ1) is 13.7. The van der Waals surface area contributed by atoms with Crippen molar-refractivity contribution in [2.75, 3.05) is 6.54 Å². The van der Waals surface area contributed by atoms with Gasteiger partial charge in [0.25, 0.3) is 0 Å². The molecule has 1 aliphatic heterocycles. The van der Waals surface area contributed by atoms with E-state index in [0.717, 1.165) is 19.4 Å². The quantitative estimate of drug-likeness (QED) is 0.540. The molecule has 0 spiro atoms. The van der Waals surface area contributed by atoms with Crippen molar-refractivity contribution in [3.8, 4) is 11.5 Å². The first-order valence-electron chi connectivity index (χ1n) is 9.09. The van der Waals surface area contributed by atoms with Crippen molar-refractivity contribution in [3.05, 3.63) is 82.6 Å². The fraction of sp³-hybridized carbons (Fsp3) is 0.182. The molecule has 3 heterocycles. The predicted octanol–water partition coefficient (Wildman–Crippen LogP) is 5.45. The Hall–Kier alpha value is -2.99. The van der Waals surface area contributed by atoms with Gasteiger partial charge in [-0.05, 0) is 71.1 Å². The number of carbonyl (C=O) groups is 1. The zero-order chi connectivity index (χ0) is 19.3. The second-order valence-corrected chi connectivity index (χ2v) is 7.34. The zero-order valence-electron chi connectivity index (χ0n) is 15.1. The highest BCUT2D eigenvalue weighted by Crippen LogP contribution is 2.33. The van der Waals surface area contributed by atoms with Crippen molar-refractivity contribution in [2.24, 2.45) is 0 Å². The van der Waals surface area contributed by atoms with Crippen LogP contribution in [-0.4, -0.2) is 22.3 Å². The SMILES string of the molecule is O=C(/C=C/c1ccc(Oc2cccnc2)c(F)c1)N1CCCC1c1ccsc1. The lowest BCUT2D eigenvalue weighted by Crippen LogP contribution is -2.28. The molecule has 0 aliphatic carbocycles. The van der Waals surface area contributed by atoms with Crippen molar-refractivity contribution < 1.29 is 13.9 Å². The second-order valence-electron chi connectivity index (χ2n) is 6.56. The Bertz CT molecular complexity index is 973. The molecule has 1 aromatic carbocycles. The number of nitrogens with zero attached hydrogens (tertiary/aromatic N) is 2. The third-order valence-electron chi connectivity index (χ3n) is 4.70. The van der Waals surface area contributed by atoms with Gasteiger partial charge in [0.05, 0.1) is 12.2 Å². The number of aromatic nitrogens is 1. The van der Waals surface area contributed by atoms with Gasteiger partial charge in [-0.1, -0.05) is 6.07 Å². The number of amides is 1. The Morgan fingerprint density at radius 1 is 1.32 bits per heavy atom. The maximum atomic E-state index is 14.3. The molecule has 2 aromatic heterocycles. The number of ether oxygens (including phenoxy) is 1. The van der Waals surface area contributed by atoms with Crippen LogP contribution in [0, 0.1) is 5.82 Å². The summed E-state index contributed by atoms with van der Waals surface area (Å²) in [6.45, 7) is 0.746. The molecule has 1 saturated heterocycles. The maximum absolute atomic E-state index is 14.3. The predicted molar refractivity (Wildman–Crippen MR) is 108 cm³/mol. The first-order valence-corrected chi connectivity index (χ1v) is 10.0. The lowest BCUT2D eigenvalue weighted by molar-refractivity contribution is -0.126. The van der Waals surface area contributed by atoms with Crippen LogP contribution in [0.2, 0.25) is 0 Å². The smallest absolute Gasteiger partial charge is 0.247 e. The third-order valence-corrected chi connectivity index (χ3v) is 5.40. The highest BCUT2D eigenvalue weighted by molar-refractivity contribution is 7.08. The van der Waals surface area contributed by atoms with Crippen LogP contribution in [0.4, 0.5) is 4.39 Å². The number of pyridine rings is 1. The molecule has 0 saturated carbocycles. The van der Waals surface area contributed by atoms with E-state index in [0.29, 0.717) is 11.3 Å². The van der Waals surface area contributed by atoms with Crippen LogP contribution < -0.4 is 4.74 Å². The molecule has 4 nitrogen and oxygen atoms in total. The largest absolute Gasteiger partial charge is 0.453 e. The number of thiophene rings is 1. The van der Waals surface area contributed by atoms with Crippen LogP contribution in [0.1, 0.15) is 30.0 Å². The number of hydrogen-bond acceptors (Lipinski definition) is 4. The molecular formula is C22H19FN2O2S. The van der Waals surface area contributed by atoms with Crippen LogP contribution in [0.15, 0.2) is 65.6 Å². The van der Waals surface area contributed by atoms with Gasteiger partial charge < -0.3 is 9.64 Å². The Morgan fingerprint density at radius 3 is 3.00 bits per heavy atom. The van der Waals surface area contributed by atoms with Gasteiger partial charge in [-0.3, -0.25) is 9.78 Å². The fourth-order valence-corrected chi connectivity index (χ4v) is 4.05. The molecule has 1 atom stereocenters. The summed E-state index contributed by atoms with van der Waals surface area (Å²) in [5.41, 5.74) is 1.79. The van der Waals surface area contributed by atoms with Crippen LogP contribution in [0.3, 0.4) is 0 Å². The monoisotopic (exact) mass is 394 g/mol. The highest BCUT2D eigenvalue weighted by Gasteiger charge is 2.28. The average Bonchev–Trinajstić information content (AvgIpc) is 3.40. The molecule has 6 heteroatoms. The van der Waals surface area contributed by atoms with Gasteiger partial charge in [0.1, 0.15) is 5.75 Å². The Labute approximate surface area is 166 Å². The minimum atomic E-state index is -0.490. The molecule has 4 rings (SSSR count). The van der Waals surface area contributed by atoms with E-state index in [1.807, 2.05) is 10.3 Å². The average molecular weight is 394 g/mol. The lowest BCUT2D eigenvalue weighted by Gasteiger charge is -2.22. The highest BCUT2D eigenvalue weighted by atomic mass is 32.1. The molecule has 1 amide bonds. The van der Waals surface area contributed by atoms with E-state index >= 15 is 0 Å². The van der Waals surface area contributed by atoms with Crippen molar-refractivity contribution in [3.63, 3.8) is 0 Å². The summed E-state index contributed by atoms with van der Waals surface area (Å²) in [5.74, 6) is 0.0440. The number of halogens is 1. The number of rotatable bonds is 5. The van der Waals surface area contributed by atoms with Crippen LogP contribution >= 0.6 is 11.3 Å². The lowest BCUT2D eigenvalue weighted by atomic mass is 10.1. The van der Waals surface area contributed by atoms with E-state index in [4.69, 9.17) is 4.74 Å². The van der Waals surface area contributed by atoms with Gasteiger partial charge in [-0.2, -0.15) is 11.3 Å². The molecule has 0 N–H and O–H groups in total. The molecule has 3 aromatic rings. The fourth-order valence-electron chi connectivity index (χ4n) is 3.34. The molecule has 0 bridgehead atoms. The standard InChI is InChI=1S/C22H19FN2O2S/c23-19-13-16(5-7-21(19)27-18-3-1-10-24-14-18)6-8-22(26)25-11-2-4-20(25)17-9-12-28-15-17/h1,3,5-10,12-15,20H,2,4,11H2/b8-6+. The molecular weight excluding hydrogens is 375 g/mol.